The zero-order valence-electron chi connectivity index (χ0n) is 10.9. The molecule has 0 fully saturated rings. The van der Waals surface area contributed by atoms with E-state index in [1.54, 1.807) is 22.6 Å². The number of ketones is 2. The van der Waals surface area contributed by atoms with Crippen LogP contribution in [0.4, 0.5) is 0 Å². The molecular weight excluding hydrogens is 630 g/mol. The number of carbonyl (C=O) groups is 3. The molecule has 0 spiro atoms. The van der Waals surface area contributed by atoms with Crippen molar-refractivity contribution in [1.82, 2.24) is 0 Å². The van der Waals surface area contributed by atoms with Crippen molar-refractivity contribution < 1.29 is 70.9 Å². The Morgan fingerprint density at radius 3 is 1.95 bits per heavy atom. The van der Waals surface area contributed by atoms with Gasteiger partial charge in [0.15, 0.2) is 11.6 Å². The van der Waals surface area contributed by atoms with Crippen LogP contribution in [0.15, 0.2) is 18.3 Å². The number of Topliss-reactive ketones (excluding diaryl/α,β-unsaturated/α-hetero) is 2. The van der Waals surface area contributed by atoms with E-state index >= 15 is 0 Å². The maximum absolute atomic E-state index is 11.7. The van der Waals surface area contributed by atoms with E-state index in [1.807, 2.05) is 45.2 Å². The first-order valence-electron chi connectivity index (χ1n) is 5.03. The number of aliphatic carboxylic acids is 1. The van der Waals surface area contributed by atoms with Crippen LogP contribution in [0.25, 0.3) is 0 Å². The second-order valence-electron chi connectivity index (χ2n) is 4.05. The molecule has 0 aromatic rings. The van der Waals surface area contributed by atoms with Crippen LogP contribution in [0.3, 0.4) is 0 Å². The first-order valence-corrected chi connectivity index (χ1v) is 8.43. The number of halogens is 3. The molecule has 1 aliphatic carbocycles. The summed E-state index contributed by atoms with van der Waals surface area (Å²) in [6, 6.07) is 0. The summed E-state index contributed by atoms with van der Waals surface area (Å²) in [4.78, 5) is 34.9. The third-order valence-electron chi connectivity index (χ3n) is 2.76. The number of alkyl halides is 1. The van der Waals surface area contributed by atoms with Crippen molar-refractivity contribution in [3.05, 3.63) is 18.3 Å². The standard InChI is InChI=1S/C11H10I3NO4.K/c1-3(16)5-7(12)6(4(2)17)9(14)11(15,8(5)13)10(18)19;/h8H,15H2,1-2H3,(H,18,19);/q;+1/p-1. The summed E-state index contributed by atoms with van der Waals surface area (Å²) in [5, 5.41) is 11.4. The Balaban J connectivity index is 0.00000361. The van der Waals surface area contributed by atoms with Gasteiger partial charge in [-0.15, -0.1) is 0 Å². The SMILES string of the molecule is CC(=O)C1=C(I)C(N)(C(=O)[O-])C(I)C(C(C)=O)=C1I.[K+]. The topological polar surface area (TPSA) is 100 Å². The van der Waals surface area contributed by atoms with Crippen molar-refractivity contribution in [3.8, 4) is 0 Å². The molecule has 2 atom stereocenters. The maximum Gasteiger partial charge on any atom is 1.00 e. The monoisotopic (exact) mass is 639 g/mol. The average molecular weight is 639 g/mol. The Morgan fingerprint density at radius 1 is 1.20 bits per heavy atom. The Bertz CT molecular complexity index is 558. The molecule has 104 valence electrons. The quantitative estimate of drug-likeness (QED) is 0.215. The Morgan fingerprint density at radius 2 is 1.65 bits per heavy atom. The average Bonchev–Trinajstić information content (AvgIpc) is 2.24. The third kappa shape index (κ3) is 3.76. The molecule has 1 aliphatic rings. The fourth-order valence-electron chi connectivity index (χ4n) is 1.72. The van der Waals surface area contributed by atoms with E-state index in [0.717, 1.165) is 0 Å². The molecule has 2 N–H and O–H groups in total. The van der Waals surface area contributed by atoms with Gasteiger partial charge in [0.05, 0.1) is 9.89 Å². The molecule has 0 saturated carbocycles. The zero-order valence-corrected chi connectivity index (χ0v) is 20.5. The van der Waals surface area contributed by atoms with Gasteiger partial charge in [-0.3, -0.25) is 9.59 Å². The van der Waals surface area contributed by atoms with Gasteiger partial charge in [-0.2, -0.15) is 0 Å². The second kappa shape index (κ2) is 8.26. The Kier molecular flexibility index (Phi) is 9.11. The molecule has 2 unspecified atom stereocenters. The number of carboxylic acids is 1. The number of rotatable bonds is 3. The van der Waals surface area contributed by atoms with Gasteiger partial charge in [-0.05, 0) is 59.0 Å². The summed E-state index contributed by atoms with van der Waals surface area (Å²) < 4.78 is -0.121. The van der Waals surface area contributed by atoms with Gasteiger partial charge in [0.1, 0.15) is 5.54 Å². The summed E-state index contributed by atoms with van der Waals surface area (Å²) >= 11 is 5.45. The molecule has 0 aliphatic heterocycles. The summed E-state index contributed by atoms with van der Waals surface area (Å²) in [6.07, 6.45) is 0. The summed E-state index contributed by atoms with van der Waals surface area (Å²) in [5.41, 5.74) is 4.50. The van der Waals surface area contributed by atoms with Crippen LogP contribution < -0.4 is 62.2 Å². The molecule has 0 aromatic heterocycles. The molecule has 0 saturated heterocycles. The minimum atomic E-state index is -1.86. The minimum absolute atomic E-state index is 0. The van der Waals surface area contributed by atoms with Crippen molar-refractivity contribution in [3.63, 3.8) is 0 Å². The number of nitrogens with two attached hydrogens (primary N) is 1. The first kappa shape index (κ1) is 22.1. The van der Waals surface area contributed by atoms with Crippen LogP contribution in [0.5, 0.6) is 0 Å². The van der Waals surface area contributed by atoms with Crippen molar-refractivity contribution >= 4 is 85.3 Å². The van der Waals surface area contributed by atoms with Gasteiger partial charge < -0.3 is 15.6 Å². The largest absolute Gasteiger partial charge is 1.00 e. The van der Waals surface area contributed by atoms with Gasteiger partial charge in [0.25, 0.3) is 0 Å². The van der Waals surface area contributed by atoms with Gasteiger partial charge in [0, 0.05) is 18.3 Å². The Labute approximate surface area is 199 Å². The fourth-order valence-corrected chi connectivity index (χ4v) is 7.27. The summed E-state index contributed by atoms with van der Waals surface area (Å²) in [5.74, 6) is -2.13. The van der Waals surface area contributed by atoms with Crippen LogP contribution in [0, 0.1) is 0 Å². The molecule has 5 nitrogen and oxygen atoms in total. The molecule has 0 bridgehead atoms. The number of hydrogen-bond acceptors (Lipinski definition) is 5. The van der Waals surface area contributed by atoms with E-state index in [9.17, 15) is 19.5 Å². The van der Waals surface area contributed by atoms with E-state index in [4.69, 9.17) is 5.73 Å². The van der Waals surface area contributed by atoms with Crippen LogP contribution in [-0.2, 0) is 14.4 Å². The molecule has 0 amide bonds. The molecule has 0 heterocycles. The number of carboxylic acid groups (broad SMARTS) is 1. The number of hydrogen-bond donors (Lipinski definition) is 1. The summed E-state index contributed by atoms with van der Waals surface area (Å²) in [6.45, 7) is 2.64. The molecule has 0 aromatic carbocycles. The van der Waals surface area contributed by atoms with Crippen molar-refractivity contribution in [2.24, 2.45) is 5.73 Å². The molecular formula is C11H9I3KNO4. The summed E-state index contributed by atoms with van der Waals surface area (Å²) in [7, 11) is 0. The van der Waals surface area contributed by atoms with Crippen LogP contribution in [0.1, 0.15) is 13.8 Å². The number of carbonyl (C=O) groups excluding carboxylic acids is 3. The maximum atomic E-state index is 11.7. The molecule has 0 radical (unpaired) electrons. The van der Waals surface area contributed by atoms with E-state index in [2.05, 4.69) is 0 Å². The molecule has 20 heavy (non-hydrogen) atoms. The van der Waals surface area contributed by atoms with Gasteiger partial charge in [-0.25, -0.2) is 0 Å². The zero-order chi connectivity index (χ0) is 15.1. The molecule has 9 heteroatoms. The first-order chi connectivity index (χ1) is 8.56. The number of allylic oxidation sites excluding steroid dienone is 2. The normalized spacial score (nSPS) is 26.2. The predicted molar refractivity (Wildman–Crippen MR) is 93.2 cm³/mol. The Hall–Kier alpha value is 2.08. The van der Waals surface area contributed by atoms with Crippen molar-refractivity contribution in [2.45, 2.75) is 23.3 Å². The second-order valence-corrected chi connectivity index (χ2v) is 7.45. The van der Waals surface area contributed by atoms with Crippen LogP contribution >= 0.6 is 67.8 Å². The molecule has 1 rings (SSSR count). The van der Waals surface area contributed by atoms with E-state index in [0.29, 0.717) is 3.58 Å². The third-order valence-corrected chi connectivity index (χ3v) is 6.92. The predicted octanol–water partition coefficient (Wildman–Crippen LogP) is -2.19. The van der Waals surface area contributed by atoms with Gasteiger partial charge in [-0.1, -0.05) is 22.6 Å². The van der Waals surface area contributed by atoms with Crippen molar-refractivity contribution in [2.75, 3.05) is 0 Å². The van der Waals surface area contributed by atoms with Crippen LogP contribution in [-0.4, -0.2) is 27.0 Å². The fraction of sp³-hybridized carbons (Fsp3) is 0.364. The van der Waals surface area contributed by atoms with Gasteiger partial charge >= 0.3 is 51.4 Å². The van der Waals surface area contributed by atoms with Crippen LogP contribution in [0.2, 0.25) is 0 Å². The van der Waals surface area contributed by atoms with Crippen molar-refractivity contribution in [1.29, 1.82) is 0 Å². The van der Waals surface area contributed by atoms with E-state index < -0.39 is 15.4 Å². The van der Waals surface area contributed by atoms with Gasteiger partial charge in [0.2, 0.25) is 0 Å². The minimum Gasteiger partial charge on any atom is -0.548 e. The van der Waals surface area contributed by atoms with E-state index in [1.165, 1.54) is 13.8 Å². The smallest absolute Gasteiger partial charge is 0.548 e. The van der Waals surface area contributed by atoms with E-state index in [-0.39, 0.29) is 77.7 Å².